The summed E-state index contributed by atoms with van der Waals surface area (Å²) in [6, 6.07) is 10.1. The second-order valence-corrected chi connectivity index (χ2v) is 6.15. The van der Waals surface area contributed by atoms with Crippen LogP contribution in [0.2, 0.25) is 0 Å². The Bertz CT molecular complexity index is 527. The van der Waals surface area contributed by atoms with Crippen LogP contribution in [0.4, 0.5) is 4.79 Å². The van der Waals surface area contributed by atoms with Gasteiger partial charge in [-0.15, -0.1) is 0 Å². The standard InChI is InChI=1S/C18H26N2O4/c1-24-18(23)19-13-17(22)20-11-9-15(10-12-20)16(21)8-7-14-5-3-2-4-6-14/h2-6,15-16,21H,7-13H2,1H3,(H,19,23). The van der Waals surface area contributed by atoms with Crippen LogP contribution in [-0.2, 0) is 16.0 Å². The molecular formula is C18H26N2O4. The van der Waals surface area contributed by atoms with Gasteiger partial charge in [-0.05, 0) is 37.2 Å². The van der Waals surface area contributed by atoms with Crippen molar-refractivity contribution in [2.45, 2.75) is 31.8 Å². The normalized spacial score (nSPS) is 16.5. The van der Waals surface area contributed by atoms with E-state index in [2.05, 4.69) is 22.2 Å². The average molecular weight is 334 g/mol. The van der Waals surface area contributed by atoms with Gasteiger partial charge in [-0.25, -0.2) is 4.79 Å². The molecule has 1 aliphatic rings. The summed E-state index contributed by atoms with van der Waals surface area (Å²) >= 11 is 0. The van der Waals surface area contributed by atoms with E-state index >= 15 is 0 Å². The summed E-state index contributed by atoms with van der Waals surface area (Å²) in [6.07, 6.45) is 2.25. The molecule has 0 bridgehead atoms. The molecule has 6 nitrogen and oxygen atoms in total. The fourth-order valence-corrected chi connectivity index (χ4v) is 3.06. The Balaban J connectivity index is 1.69. The number of rotatable bonds is 6. The average Bonchev–Trinajstić information content (AvgIpc) is 2.64. The van der Waals surface area contributed by atoms with E-state index < -0.39 is 6.09 Å². The number of hydrogen-bond donors (Lipinski definition) is 2. The molecule has 0 radical (unpaired) electrons. The van der Waals surface area contributed by atoms with Crippen LogP contribution in [0.15, 0.2) is 30.3 Å². The predicted octanol–water partition coefficient (Wildman–Crippen LogP) is 1.57. The number of nitrogens with zero attached hydrogens (tertiary/aromatic N) is 1. The third-order valence-electron chi connectivity index (χ3n) is 4.58. The van der Waals surface area contributed by atoms with E-state index in [1.54, 1.807) is 4.90 Å². The van der Waals surface area contributed by atoms with E-state index in [1.807, 2.05) is 18.2 Å². The number of ether oxygens (including phenoxy) is 1. The van der Waals surface area contributed by atoms with E-state index in [0.717, 1.165) is 25.7 Å². The number of carbonyl (C=O) groups is 2. The number of aliphatic hydroxyl groups excluding tert-OH is 1. The van der Waals surface area contributed by atoms with E-state index in [-0.39, 0.29) is 24.5 Å². The highest BCUT2D eigenvalue weighted by Crippen LogP contribution is 2.23. The number of carbonyl (C=O) groups excluding carboxylic acids is 2. The van der Waals surface area contributed by atoms with Crippen molar-refractivity contribution < 1.29 is 19.4 Å². The maximum Gasteiger partial charge on any atom is 0.407 e. The van der Waals surface area contributed by atoms with Crippen LogP contribution in [0.3, 0.4) is 0 Å². The molecule has 1 heterocycles. The van der Waals surface area contributed by atoms with Crippen LogP contribution >= 0.6 is 0 Å². The molecule has 0 saturated carbocycles. The maximum absolute atomic E-state index is 12.0. The topological polar surface area (TPSA) is 78.9 Å². The molecular weight excluding hydrogens is 308 g/mol. The molecule has 1 aromatic carbocycles. The summed E-state index contributed by atoms with van der Waals surface area (Å²) < 4.78 is 4.45. The maximum atomic E-state index is 12.0. The first-order valence-electron chi connectivity index (χ1n) is 8.41. The van der Waals surface area contributed by atoms with Gasteiger partial charge in [0.05, 0.1) is 13.2 Å². The molecule has 0 spiro atoms. The molecule has 132 valence electrons. The van der Waals surface area contributed by atoms with Crippen molar-refractivity contribution in [1.29, 1.82) is 0 Å². The Labute approximate surface area is 142 Å². The number of aliphatic hydroxyl groups is 1. The highest BCUT2D eigenvalue weighted by atomic mass is 16.5. The van der Waals surface area contributed by atoms with Gasteiger partial charge in [0, 0.05) is 13.1 Å². The Morgan fingerprint density at radius 1 is 1.29 bits per heavy atom. The zero-order valence-electron chi connectivity index (χ0n) is 14.1. The van der Waals surface area contributed by atoms with E-state index in [9.17, 15) is 14.7 Å². The summed E-state index contributed by atoms with van der Waals surface area (Å²) in [6.45, 7) is 1.19. The quantitative estimate of drug-likeness (QED) is 0.828. The number of likely N-dealkylation sites (tertiary alicyclic amines) is 1. The minimum absolute atomic E-state index is 0.0477. The predicted molar refractivity (Wildman–Crippen MR) is 90.5 cm³/mol. The molecule has 2 rings (SSSR count). The zero-order valence-corrected chi connectivity index (χ0v) is 14.1. The molecule has 2 amide bonds. The number of hydrogen-bond acceptors (Lipinski definition) is 4. The van der Waals surface area contributed by atoms with E-state index in [1.165, 1.54) is 12.7 Å². The third kappa shape index (κ3) is 5.53. The fourth-order valence-electron chi connectivity index (χ4n) is 3.06. The molecule has 0 aliphatic carbocycles. The highest BCUT2D eigenvalue weighted by Gasteiger charge is 2.27. The summed E-state index contributed by atoms with van der Waals surface area (Å²) in [7, 11) is 1.27. The van der Waals surface area contributed by atoms with Crippen LogP contribution in [0.5, 0.6) is 0 Å². The fraction of sp³-hybridized carbons (Fsp3) is 0.556. The number of alkyl carbamates (subject to hydrolysis) is 1. The minimum Gasteiger partial charge on any atom is -0.453 e. The first-order valence-corrected chi connectivity index (χ1v) is 8.41. The number of benzene rings is 1. The van der Waals surface area contributed by atoms with Crippen molar-refractivity contribution in [3.8, 4) is 0 Å². The second kappa shape index (κ2) is 9.27. The molecule has 24 heavy (non-hydrogen) atoms. The first kappa shape index (κ1) is 18.3. The summed E-state index contributed by atoms with van der Waals surface area (Å²) in [5, 5.41) is 12.8. The van der Waals surface area contributed by atoms with Gasteiger partial charge in [-0.2, -0.15) is 0 Å². The molecule has 1 unspecified atom stereocenters. The lowest BCUT2D eigenvalue weighted by molar-refractivity contribution is -0.132. The van der Waals surface area contributed by atoms with Gasteiger partial charge in [0.25, 0.3) is 0 Å². The van der Waals surface area contributed by atoms with E-state index in [0.29, 0.717) is 13.1 Å². The van der Waals surface area contributed by atoms with Gasteiger partial charge >= 0.3 is 6.09 Å². The van der Waals surface area contributed by atoms with Gasteiger partial charge in [0.1, 0.15) is 6.54 Å². The van der Waals surface area contributed by atoms with E-state index in [4.69, 9.17) is 0 Å². The molecule has 1 atom stereocenters. The molecule has 1 fully saturated rings. The Morgan fingerprint density at radius 2 is 1.96 bits per heavy atom. The number of amides is 2. The van der Waals surface area contributed by atoms with Crippen molar-refractivity contribution in [1.82, 2.24) is 10.2 Å². The molecule has 1 saturated heterocycles. The molecule has 0 aromatic heterocycles. The smallest absolute Gasteiger partial charge is 0.407 e. The number of piperidine rings is 1. The monoisotopic (exact) mass is 334 g/mol. The van der Waals surface area contributed by atoms with Crippen molar-refractivity contribution >= 4 is 12.0 Å². The summed E-state index contributed by atoms with van der Waals surface area (Å²) in [5.41, 5.74) is 1.23. The van der Waals surface area contributed by atoms with Crippen molar-refractivity contribution in [3.63, 3.8) is 0 Å². The van der Waals surface area contributed by atoms with Crippen LogP contribution in [0, 0.1) is 5.92 Å². The minimum atomic E-state index is -0.602. The van der Waals surface area contributed by atoms with Gasteiger partial charge < -0.3 is 20.1 Å². The Morgan fingerprint density at radius 3 is 2.58 bits per heavy atom. The Kier molecular flexibility index (Phi) is 7.06. The lowest BCUT2D eigenvalue weighted by atomic mass is 9.88. The van der Waals surface area contributed by atoms with Gasteiger partial charge in [0.2, 0.25) is 5.91 Å². The van der Waals surface area contributed by atoms with Crippen LogP contribution in [-0.4, -0.2) is 54.9 Å². The molecule has 1 aromatic rings. The third-order valence-corrected chi connectivity index (χ3v) is 4.58. The van der Waals surface area contributed by atoms with Crippen LogP contribution < -0.4 is 5.32 Å². The van der Waals surface area contributed by atoms with Crippen molar-refractivity contribution in [2.24, 2.45) is 5.92 Å². The van der Waals surface area contributed by atoms with Crippen LogP contribution in [0.25, 0.3) is 0 Å². The van der Waals surface area contributed by atoms with Crippen LogP contribution in [0.1, 0.15) is 24.8 Å². The SMILES string of the molecule is COC(=O)NCC(=O)N1CCC(C(O)CCc2ccccc2)CC1. The van der Waals surface area contributed by atoms with Gasteiger partial charge in [-0.3, -0.25) is 4.79 Å². The number of aryl methyl sites for hydroxylation is 1. The summed E-state index contributed by atoms with van der Waals surface area (Å²) in [5.74, 6) is 0.115. The Hall–Kier alpha value is -2.08. The highest BCUT2D eigenvalue weighted by molar-refractivity contribution is 5.82. The van der Waals surface area contributed by atoms with Gasteiger partial charge in [0.15, 0.2) is 0 Å². The first-order chi connectivity index (χ1) is 11.6. The zero-order chi connectivity index (χ0) is 17.4. The van der Waals surface area contributed by atoms with Crippen molar-refractivity contribution in [2.75, 3.05) is 26.7 Å². The summed E-state index contributed by atoms with van der Waals surface area (Å²) in [4.78, 5) is 24.7. The molecule has 1 aliphatic heterocycles. The number of methoxy groups -OCH3 is 1. The van der Waals surface area contributed by atoms with Crippen molar-refractivity contribution in [3.05, 3.63) is 35.9 Å². The number of nitrogens with one attached hydrogen (secondary N) is 1. The second-order valence-electron chi connectivity index (χ2n) is 6.15. The van der Waals surface area contributed by atoms with Gasteiger partial charge in [-0.1, -0.05) is 30.3 Å². The lowest BCUT2D eigenvalue weighted by Crippen LogP contribution is -2.45. The largest absolute Gasteiger partial charge is 0.453 e. The molecule has 6 heteroatoms. The lowest BCUT2D eigenvalue weighted by Gasteiger charge is -2.34. The molecule has 2 N–H and O–H groups in total.